The Balaban J connectivity index is 0.00000288. The molecule has 0 bridgehead atoms. The van der Waals surface area contributed by atoms with Gasteiger partial charge >= 0.3 is 0 Å². The predicted octanol–water partition coefficient (Wildman–Crippen LogP) is 3.26. The predicted molar refractivity (Wildman–Crippen MR) is 111 cm³/mol. The van der Waals surface area contributed by atoms with Crippen LogP contribution < -0.4 is 15.5 Å². The first-order chi connectivity index (χ1) is 11.2. The number of anilines is 1. The molecule has 2 aromatic rings. The number of rotatable bonds is 7. The lowest BCUT2D eigenvalue weighted by molar-refractivity contribution is 0.507. The van der Waals surface area contributed by atoms with Crippen LogP contribution in [0, 0.1) is 0 Å². The molecule has 0 unspecified atom stereocenters. The molecule has 2 N–H and O–H groups in total. The van der Waals surface area contributed by atoms with Crippen molar-refractivity contribution in [3.8, 4) is 0 Å². The Morgan fingerprint density at radius 2 is 1.88 bits per heavy atom. The maximum absolute atomic E-state index is 5.33. The summed E-state index contributed by atoms with van der Waals surface area (Å²) in [6, 6.07) is 12.4. The van der Waals surface area contributed by atoms with Gasteiger partial charge in [0, 0.05) is 39.3 Å². The van der Waals surface area contributed by atoms with E-state index in [0.717, 1.165) is 31.2 Å². The van der Waals surface area contributed by atoms with E-state index in [4.69, 9.17) is 4.42 Å². The molecule has 2 rings (SSSR count). The second kappa shape index (κ2) is 11.0. The lowest BCUT2D eigenvalue weighted by Crippen LogP contribution is -2.38. The lowest BCUT2D eigenvalue weighted by Gasteiger charge is -2.13. The molecule has 0 atom stereocenters. The van der Waals surface area contributed by atoms with Gasteiger partial charge in [0.2, 0.25) is 0 Å². The van der Waals surface area contributed by atoms with Gasteiger partial charge in [0.15, 0.2) is 5.96 Å². The molecule has 0 saturated carbocycles. The molecule has 6 heteroatoms. The van der Waals surface area contributed by atoms with Crippen molar-refractivity contribution >= 4 is 35.6 Å². The summed E-state index contributed by atoms with van der Waals surface area (Å²) in [5.74, 6) is 1.81. The molecular weight excluding hydrogens is 415 g/mol. The normalized spacial score (nSPS) is 10.9. The summed E-state index contributed by atoms with van der Waals surface area (Å²) in [4.78, 5) is 6.72. The largest absolute Gasteiger partial charge is 0.469 e. The third kappa shape index (κ3) is 6.82. The molecule has 0 radical (unpaired) electrons. The van der Waals surface area contributed by atoms with Crippen LogP contribution in [0.4, 0.5) is 5.69 Å². The van der Waals surface area contributed by atoms with Crippen LogP contribution in [0.15, 0.2) is 52.1 Å². The molecule has 1 heterocycles. The van der Waals surface area contributed by atoms with Crippen LogP contribution >= 0.6 is 24.0 Å². The van der Waals surface area contributed by atoms with Crippen molar-refractivity contribution in [3.63, 3.8) is 0 Å². The summed E-state index contributed by atoms with van der Waals surface area (Å²) in [5, 5.41) is 6.59. The lowest BCUT2D eigenvalue weighted by atomic mass is 10.2. The zero-order chi connectivity index (χ0) is 16.5. The van der Waals surface area contributed by atoms with Gasteiger partial charge in [-0.25, -0.2) is 4.99 Å². The van der Waals surface area contributed by atoms with Crippen LogP contribution in [-0.2, 0) is 13.0 Å². The van der Waals surface area contributed by atoms with E-state index in [9.17, 15) is 0 Å². The Morgan fingerprint density at radius 1 is 1.12 bits per heavy atom. The summed E-state index contributed by atoms with van der Waals surface area (Å²) >= 11 is 0. The maximum Gasteiger partial charge on any atom is 0.191 e. The second-order valence-electron chi connectivity index (χ2n) is 5.51. The number of guanidine groups is 1. The fourth-order valence-electron chi connectivity index (χ4n) is 2.17. The summed E-state index contributed by atoms with van der Waals surface area (Å²) < 4.78 is 5.33. The van der Waals surface area contributed by atoms with Crippen LogP contribution in [0.3, 0.4) is 0 Å². The molecule has 5 nitrogen and oxygen atoms in total. The van der Waals surface area contributed by atoms with Crippen molar-refractivity contribution in [2.45, 2.75) is 19.9 Å². The highest BCUT2D eigenvalue weighted by Gasteiger charge is 2.00. The van der Waals surface area contributed by atoms with Crippen LogP contribution in [0.5, 0.6) is 0 Å². The number of nitrogens with one attached hydrogen (secondary N) is 2. The first-order valence-electron chi connectivity index (χ1n) is 8.00. The van der Waals surface area contributed by atoms with Crippen molar-refractivity contribution in [3.05, 3.63) is 54.0 Å². The molecule has 0 spiro atoms. The third-order valence-corrected chi connectivity index (χ3v) is 3.46. The molecular formula is C18H27IN4O. The van der Waals surface area contributed by atoms with Gasteiger partial charge in [-0.2, -0.15) is 0 Å². The van der Waals surface area contributed by atoms with E-state index >= 15 is 0 Å². The van der Waals surface area contributed by atoms with Gasteiger partial charge in [-0.15, -0.1) is 24.0 Å². The zero-order valence-electron chi connectivity index (χ0n) is 14.6. The Bertz CT molecular complexity index is 594. The van der Waals surface area contributed by atoms with E-state index in [1.165, 1.54) is 11.3 Å². The minimum absolute atomic E-state index is 0. The third-order valence-electron chi connectivity index (χ3n) is 3.46. The molecule has 1 aromatic heterocycles. The van der Waals surface area contributed by atoms with E-state index in [2.05, 4.69) is 51.7 Å². The van der Waals surface area contributed by atoms with Crippen molar-refractivity contribution in [1.82, 2.24) is 10.6 Å². The van der Waals surface area contributed by atoms with Gasteiger partial charge in [-0.1, -0.05) is 12.1 Å². The minimum Gasteiger partial charge on any atom is -0.469 e. The summed E-state index contributed by atoms with van der Waals surface area (Å²) in [5.41, 5.74) is 2.39. The number of aliphatic imine (C=N–C) groups is 1. The second-order valence-corrected chi connectivity index (χ2v) is 5.51. The standard InChI is InChI=1S/C18H26N4O.HI/c1-4-19-18(20-12-11-17-6-5-13-23-17)21-14-15-7-9-16(10-8-15)22(2)3;/h5-10,13H,4,11-12,14H2,1-3H3,(H2,19,20,21);1H. The SMILES string of the molecule is CCNC(=NCc1ccc(N(C)C)cc1)NCCc1ccco1.I. The number of benzene rings is 1. The van der Waals surface area contributed by atoms with Crippen LogP contribution in [0.2, 0.25) is 0 Å². The molecule has 24 heavy (non-hydrogen) atoms. The zero-order valence-corrected chi connectivity index (χ0v) is 16.9. The van der Waals surface area contributed by atoms with Gasteiger partial charge in [-0.3, -0.25) is 0 Å². The van der Waals surface area contributed by atoms with Gasteiger partial charge in [0.05, 0.1) is 12.8 Å². The van der Waals surface area contributed by atoms with Gasteiger partial charge in [0.1, 0.15) is 5.76 Å². The quantitative estimate of drug-likeness (QED) is 0.393. The van der Waals surface area contributed by atoms with Crippen LogP contribution in [-0.4, -0.2) is 33.1 Å². The Kier molecular flexibility index (Phi) is 9.29. The van der Waals surface area contributed by atoms with E-state index in [-0.39, 0.29) is 24.0 Å². The number of hydrogen-bond acceptors (Lipinski definition) is 3. The van der Waals surface area contributed by atoms with E-state index in [1.807, 2.05) is 26.2 Å². The van der Waals surface area contributed by atoms with Crippen molar-refractivity contribution in [2.24, 2.45) is 4.99 Å². The van der Waals surface area contributed by atoms with E-state index in [1.54, 1.807) is 6.26 Å². The molecule has 0 aliphatic rings. The highest BCUT2D eigenvalue weighted by molar-refractivity contribution is 14.0. The maximum atomic E-state index is 5.33. The van der Waals surface area contributed by atoms with Gasteiger partial charge in [-0.05, 0) is 36.8 Å². The molecule has 1 aromatic carbocycles. The van der Waals surface area contributed by atoms with E-state index < -0.39 is 0 Å². The fraction of sp³-hybridized carbons (Fsp3) is 0.389. The van der Waals surface area contributed by atoms with E-state index in [0.29, 0.717) is 6.54 Å². The highest BCUT2D eigenvalue weighted by Crippen LogP contribution is 2.12. The molecule has 0 amide bonds. The highest BCUT2D eigenvalue weighted by atomic mass is 127. The molecule has 0 fully saturated rings. The number of halogens is 1. The molecule has 0 saturated heterocycles. The summed E-state index contributed by atoms with van der Waals surface area (Å²) in [6.45, 7) is 4.35. The number of nitrogens with zero attached hydrogens (tertiary/aromatic N) is 2. The first kappa shape index (κ1) is 20.3. The molecule has 0 aliphatic carbocycles. The number of furan rings is 1. The van der Waals surface area contributed by atoms with Gasteiger partial charge < -0.3 is 20.0 Å². The Morgan fingerprint density at radius 3 is 2.46 bits per heavy atom. The van der Waals surface area contributed by atoms with Gasteiger partial charge in [0.25, 0.3) is 0 Å². The minimum atomic E-state index is 0. The van der Waals surface area contributed by atoms with Crippen molar-refractivity contribution < 1.29 is 4.42 Å². The average molecular weight is 442 g/mol. The monoisotopic (exact) mass is 442 g/mol. The molecule has 0 aliphatic heterocycles. The topological polar surface area (TPSA) is 52.8 Å². The van der Waals surface area contributed by atoms with Crippen molar-refractivity contribution in [2.75, 3.05) is 32.1 Å². The Hall–Kier alpha value is -1.70. The number of hydrogen-bond donors (Lipinski definition) is 2. The van der Waals surface area contributed by atoms with Crippen molar-refractivity contribution in [1.29, 1.82) is 0 Å². The van der Waals surface area contributed by atoms with Crippen LogP contribution in [0.1, 0.15) is 18.2 Å². The van der Waals surface area contributed by atoms with Crippen LogP contribution in [0.25, 0.3) is 0 Å². The summed E-state index contributed by atoms with van der Waals surface area (Å²) in [6.07, 6.45) is 2.54. The fourth-order valence-corrected chi connectivity index (χ4v) is 2.17. The summed E-state index contributed by atoms with van der Waals surface area (Å²) in [7, 11) is 4.08. The average Bonchev–Trinajstić information content (AvgIpc) is 3.06. The Labute approximate surface area is 161 Å². The first-order valence-corrected chi connectivity index (χ1v) is 8.00. The smallest absolute Gasteiger partial charge is 0.191 e. The molecule has 132 valence electrons.